The van der Waals surface area contributed by atoms with Gasteiger partial charge in [0.05, 0.1) is 0 Å². The molecule has 0 fully saturated rings. The minimum absolute atomic E-state index is 0.0750. The number of nitrogens with zero attached hydrogens (tertiary/aromatic N) is 2. The van der Waals surface area contributed by atoms with Crippen LogP contribution in [0, 0.1) is 0 Å². The first-order chi connectivity index (χ1) is 14.7. The van der Waals surface area contributed by atoms with Crippen molar-refractivity contribution in [2.24, 2.45) is 0 Å². The predicted octanol–water partition coefficient (Wildman–Crippen LogP) is 4.98. The van der Waals surface area contributed by atoms with E-state index in [1.165, 1.54) is 5.56 Å². The Bertz CT molecular complexity index is 1120. The Morgan fingerprint density at radius 2 is 1.77 bits per heavy atom. The second-order valence-corrected chi connectivity index (χ2v) is 6.70. The molecule has 0 aliphatic heterocycles. The summed E-state index contributed by atoms with van der Waals surface area (Å²) in [5.74, 6) is 1.33. The van der Waals surface area contributed by atoms with Crippen molar-refractivity contribution in [1.29, 1.82) is 0 Å². The first-order valence-electron chi connectivity index (χ1n) is 9.72. The zero-order valence-electron chi connectivity index (χ0n) is 16.5. The summed E-state index contributed by atoms with van der Waals surface area (Å²) in [5.41, 5.74) is 3.60. The molecule has 4 rings (SSSR count). The van der Waals surface area contributed by atoms with Crippen LogP contribution in [0.25, 0.3) is 22.8 Å². The van der Waals surface area contributed by atoms with E-state index >= 15 is 0 Å². The zero-order valence-corrected chi connectivity index (χ0v) is 16.5. The van der Waals surface area contributed by atoms with Crippen molar-refractivity contribution in [3.8, 4) is 28.6 Å². The standard InChI is InChI=1S/C24H21N3O3/c1-2-17-7-6-10-20(15-17)25-22(28)16-29-21-13-11-19(12-14-21)24-26-23(27-30-24)18-8-4-3-5-9-18/h3-15H,2,16H2,1H3,(H,25,28). The van der Waals surface area contributed by atoms with Crippen LogP contribution in [0.4, 0.5) is 5.69 Å². The molecule has 6 heteroatoms. The molecule has 0 aliphatic rings. The highest BCUT2D eigenvalue weighted by atomic mass is 16.5. The maximum Gasteiger partial charge on any atom is 0.262 e. The lowest BCUT2D eigenvalue weighted by Gasteiger charge is -2.08. The number of hydrogen-bond acceptors (Lipinski definition) is 5. The van der Waals surface area contributed by atoms with E-state index < -0.39 is 0 Å². The maximum atomic E-state index is 12.1. The molecule has 0 atom stereocenters. The number of carbonyl (C=O) groups is 1. The molecule has 3 aromatic carbocycles. The number of aromatic nitrogens is 2. The van der Waals surface area contributed by atoms with Gasteiger partial charge in [0.25, 0.3) is 11.8 Å². The van der Waals surface area contributed by atoms with Crippen LogP contribution < -0.4 is 10.1 Å². The maximum absolute atomic E-state index is 12.1. The molecular formula is C24H21N3O3. The van der Waals surface area contributed by atoms with Gasteiger partial charge in [-0.25, -0.2) is 0 Å². The van der Waals surface area contributed by atoms with Crippen LogP contribution in [0.2, 0.25) is 0 Å². The second-order valence-electron chi connectivity index (χ2n) is 6.70. The van der Waals surface area contributed by atoms with Crippen molar-refractivity contribution < 1.29 is 14.1 Å². The smallest absolute Gasteiger partial charge is 0.262 e. The van der Waals surface area contributed by atoms with Crippen molar-refractivity contribution in [2.45, 2.75) is 13.3 Å². The summed E-state index contributed by atoms with van der Waals surface area (Å²) in [5, 5.41) is 6.87. The minimum atomic E-state index is -0.211. The van der Waals surface area contributed by atoms with Crippen molar-refractivity contribution in [3.05, 3.63) is 84.4 Å². The van der Waals surface area contributed by atoms with Crippen LogP contribution in [0.15, 0.2) is 83.4 Å². The fraction of sp³-hybridized carbons (Fsp3) is 0.125. The Morgan fingerprint density at radius 3 is 2.53 bits per heavy atom. The molecule has 1 heterocycles. The Morgan fingerprint density at radius 1 is 0.967 bits per heavy atom. The van der Waals surface area contributed by atoms with E-state index in [1.807, 2.05) is 66.7 Å². The molecule has 6 nitrogen and oxygen atoms in total. The molecule has 30 heavy (non-hydrogen) atoms. The number of carbonyl (C=O) groups excluding carboxylic acids is 1. The first-order valence-corrected chi connectivity index (χ1v) is 9.72. The summed E-state index contributed by atoms with van der Waals surface area (Å²) in [6.45, 7) is 2.00. The summed E-state index contributed by atoms with van der Waals surface area (Å²) in [4.78, 5) is 16.6. The molecule has 0 bridgehead atoms. The Hall–Kier alpha value is -3.93. The van der Waals surface area contributed by atoms with Gasteiger partial charge in [-0.05, 0) is 48.4 Å². The van der Waals surface area contributed by atoms with Gasteiger partial charge in [0.1, 0.15) is 5.75 Å². The third-order valence-electron chi connectivity index (χ3n) is 4.55. The number of aryl methyl sites for hydroxylation is 1. The average molecular weight is 399 g/mol. The van der Waals surface area contributed by atoms with E-state index in [2.05, 4.69) is 22.4 Å². The molecule has 1 amide bonds. The average Bonchev–Trinajstić information content (AvgIpc) is 3.29. The van der Waals surface area contributed by atoms with E-state index in [9.17, 15) is 4.79 Å². The quantitative estimate of drug-likeness (QED) is 0.474. The van der Waals surface area contributed by atoms with Gasteiger partial charge in [0, 0.05) is 16.8 Å². The minimum Gasteiger partial charge on any atom is -0.484 e. The highest BCUT2D eigenvalue weighted by Crippen LogP contribution is 2.24. The molecule has 0 spiro atoms. The van der Waals surface area contributed by atoms with Crippen molar-refractivity contribution in [2.75, 3.05) is 11.9 Å². The number of amides is 1. The van der Waals surface area contributed by atoms with Crippen LogP contribution >= 0.6 is 0 Å². The summed E-state index contributed by atoms with van der Waals surface area (Å²) >= 11 is 0. The van der Waals surface area contributed by atoms with Gasteiger partial charge < -0.3 is 14.6 Å². The number of anilines is 1. The molecule has 0 saturated heterocycles. The number of nitrogens with one attached hydrogen (secondary N) is 1. The zero-order chi connectivity index (χ0) is 20.8. The number of ether oxygens (including phenoxy) is 1. The van der Waals surface area contributed by atoms with Crippen LogP contribution in [-0.2, 0) is 11.2 Å². The molecule has 150 valence electrons. The van der Waals surface area contributed by atoms with Gasteiger partial charge >= 0.3 is 0 Å². The SMILES string of the molecule is CCc1cccc(NC(=O)COc2ccc(-c3nc(-c4ccccc4)no3)cc2)c1. The normalized spacial score (nSPS) is 10.6. The summed E-state index contributed by atoms with van der Waals surface area (Å²) in [6, 6.07) is 24.6. The molecule has 1 N–H and O–H groups in total. The lowest BCUT2D eigenvalue weighted by Crippen LogP contribution is -2.20. The van der Waals surface area contributed by atoms with Crippen LogP contribution in [0.5, 0.6) is 5.75 Å². The van der Waals surface area contributed by atoms with Crippen LogP contribution in [0.1, 0.15) is 12.5 Å². The van der Waals surface area contributed by atoms with E-state index in [-0.39, 0.29) is 12.5 Å². The number of benzene rings is 3. The van der Waals surface area contributed by atoms with E-state index in [1.54, 1.807) is 12.1 Å². The summed E-state index contributed by atoms with van der Waals surface area (Å²) < 4.78 is 10.9. The highest BCUT2D eigenvalue weighted by molar-refractivity contribution is 5.91. The van der Waals surface area contributed by atoms with E-state index in [0.717, 1.165) is 23.2 Å². The van der Waals surface area contributed by atoms with Gasteiger partial charge in [-0.3, -0.25) is 4.79 Å². The molecule has 0 unspecified atom stereocenters. The Balaban J connectivity index is 1.35. The highest BCUT2D eigenvalue weighted by Gasteiger charge is 2.11. The molecular weight excluding hydrogens is 378 g/mol. The van der Waals surface area contributed by atoms with Gasteiger partial charge in [-0.2, -0.15) is 4.98 Å². The van der Waals surface area contributed by atoms with Crippen LogP contribution in [-0.4, -0.2) is 22.7 Å². The monoisotopic (exact) mass is 399 g/mol. The third kappa shape index (κ3) is 4.72. The topological polar surface area (TPSA) is 77.2 Å². The number of hydrogen-bond donors (Lipinski definition) is 1. The Kier molecular flexibility index (Phi) is 5.85. The third-order valence-corrected chi connectivity index (χ3v) is 4.55. The van der Waals surface area contributed by atoms with Crippen molar-refractivity contribution >= 4 is 11.6 Å². The van der Waals surface area contributed by atoms with E-state index in [4.69, 9.17) is 9.26 Å². The fourth-order valence-electron chi connectivity index (χ4n) is 2.95. The lowest BCUT2D eigenvalue weighted by molar-refractivity contribution is -0.118. The fourth-order valence-corrected chi connectivity index (χ4v) is 2.95. The summed E-state index contributed by atoms with van der Waals surface area (Å²) in [7, 11) is 0. The summed E-state index contributed by atoms with van der Waals surface area (Å²) in [6.07, 6.45) is 0.916. The first kappa shape index (κ1) is 19.4. The van der Waals surface area contributed by atoms with Gasteiger partial charge in [0.15, 0.2) is 6.61 Å². The van der Waals surface area contributed by atoms with Gasteiger partial charge in [-0.15, -0.1) is 0 Å². The van der Waals surface area contributed by atoms with Crippen molar-refractivity contribution in [3.63, 3.8) is 0 Å². The number of rotatable bonds is 7. The molecule has 0 saturated carbocycles. The van der Waals surface area contributed by atoms with Crippen LogP contribution in [0.3, 0.4) is 0 Å². The van der Waals surface area contributed by atoms with Crippen molar-refractivity contribution in [1.82, 2.24) is 10.1 Å². The lowest BCUT2D eigenvalue weighted by atomic mass is 10.1. The molecule has 1 aromatic heterocycles. The second kappa shape index (κ2) is 9.05. The molecule has 4 aromatic rings. The molecule has 0 radical (unpaired) electrons. The predicted molar refractivity (Wildman–Crippen MR) is 115 cm³/mol. The van der Waals surface area contributed by atoms with Gasteiger partial charge in [-0.1, -0.05) is 54.5 Å². The molecule has 0 aliphatic carbocycles. The van der Waals surface area contributed by atoms with Gasteiger partial charge in [0.2, 0.25) is 5.82 Å². The largest absolute Gasteiger partial charge is 0.484 e. The van der Waals surface area contributed by atoms with E-state index in [0.29, 0.717) is 17.5 Å². The Labute approximate surface area is 174 Å².